The summed E-state index contributed by atoms with van der Waals surface area (Å²) < 4.78 is 0. The van der Waals surface area contributed by atoms with Crippen LogP contribution in [0.25, 0.3) is 0 Å². The van der Waals surface area contributed by atoms with Crippen LogP contribution < -0.4 is 10.6 Å². The molecule has 0 spiro atoms. The number of rotatable bonds is 5. The molecule has 0 saturated carbocycles. The number of benzene rings is 2. The van der Waals surface area contributed by atoms with Crippen molar-refractivity contribution in [2.24, 2.45) is 0 Å². The highest BCUT2D eigenvalue weighted by Gasteiger charge is 2.09. The van der Waals surface area contributed by atoms with Gasteiger partial charge in [0.1, 0.15) is 0 Å². The third-order valence-electron chi connectivity index (χ3n) is 3.93. The maximum absolute atomic E-state index is 12.3. The Hall–Kier alpha value is -3.21. The Bertz CT molecular complexity index is 858. The molecule has 1 heterocycles. The number of anilines is 3. The van der Waals surface area contributed by atoms with E-state index in [0.717, 1.165) is 23.4 Å². The first kappa shape index (κ1) is 16.6. The van der Waals surface area contributed by atoms with Crippen molar-refractivity contribution in [2.75, 3.05) is 10.6 Å². The second-order valence-corrected chi connectivity index (χ2v) is 5.75. The Kier molecular flexibility index (Phi) is 5.04. The van der Waals surface area contributed by atoms with E-state index in [-0.39, 0.29) is 11.6 Å². The summed E-state index contributed by atoms with van der Waals surface area (Å²) >= 11 is 0. The molecule has 0 atom stereocenters. The molecular formula is C20H20N4O. The fourth-order valence-corrected chi connectivity index (χ4v) is 2.39. The van der Waals surface area contributed by atoms with Gasteiger partial charge in [-0.2, -0.15) is 0 Å². The lowest BCUT2D eigenvalue weighted by atomic mass is 10.1. The van der Waals surface area contributed by atoms with E-state index in [1.807, 2.05) is 55.5 Å². The van der Waals surface area contributed by atoms with Crippen molar-refractivity contribution >= 4 is 23.1 Å². The van der Waals surface area contributed by atoms with Crippen LogP contribution >= 0.6 is 0 Å². The number of carbonyl (C=O) groups excluding carboxylic acids is 1. The van der Waals surface area contributed by atoms with Gasteiger partial charge in [-0.25, -0.2) is 0 Å². The van der Waals surface area contributed by atoms with Crippen LogP contribution in [0.15, 0.2) is 60.7 Å². The van der Waals surface area contributed by atoms with Gasteiger partial charge in [0, 0.05) is 11.4 Å². The van der Waals surface area contributed by atoms with Gasteiger partial charge in [-0.3, -0.25) is 4.79 Å². The number of hydrogen-bond donors (Lipinski definition) is 2. The molecule has 0 aliphatic rings. The Balaban J connectivity index is 1.66. The zero-order valence-corrected chi connectivity index (χ0v) is 14.3. The van der Waals surface area contributed by atoms with Crippen LogP contribution in [-0.2, 0) is 6.42 Å². The Morgan fingerprint density at radius 2 is 1.72 bits per heavy atom. The molecule has 0 bridgehead atoms. The van der Waals surface area contributed by atoms with Gasteiger partial charge in [-0.15, -0.1) is 10.2 Å². The third-order valence-corrected chi connectivity index (χ3v) is 3.93. The van der Waals surface area contributed by atoms with Gasteiger partial charge >= 0.3 is 0 Å². The van der Waals surface area contributed by atoms with Gasteiger partial charge in [-0.05, 0) is 54.8 Å². The maximum atomic E-state index is 12.3. The molecule has 3 rings (SSSR count). The zero-order valence-electron chi connectivity index (χ0n) is 14.3. The molecule has 5 nitrogen and oxygen atoms in total. The van der Waals surface area contributed by atoms with Crippen LogP contribution in [0, 0.1) is 6.92 Å². The topological polar surface area (TPSA) is 66.9 Å². The number of amides is 1. The van der Waals surface area contributed by atoms with E-state index in [1.165, 1.54) is 5.56 Å². The second kappa shape index (κ2) is 7.57. The summed E-state index contributed by atoms with van der Waals surface area (Å²) in [7, 11) is 0. The number of para-hydroxylation sites is 1. The van der Waals surface area contributed by atoms with Crippen molar-refractivity contribution in [1.29, 1.82) is 0 Å². The predicted molar refractivity (Wildman–Crippen MR) is 100 cm³/mol. The Morgan fingerprint density at radius 1 is 0.960 bits per heavy atom. The van der Waals surface area contributed by atoms with Crippen molar-refractivity contribution in [1.82, 2.24) is 10.2 Å². The largest absolute Gasteiger partial charge is 0.339 e. The van der Waals surface area contributed by atoms with Gasteiger partial charge < -0.3 is 10.6 Å². The van der Waals surface area contributed by atoms with Crippen molar-refractivity contribution < 1.29 is 4.79 Å². The molecule has 1 aromatic heterocycles. The lowest BCUT2D eigenvalue weighted by Gasteiger charge is -2.08. The number of hydrogen-bond acceptors (Lipinski definition) is 4. The molecule has 25 heavy (non-hydrogen) atoms. The first-order valence-corrected chi connectivity index (χ1v) is 8.22. The fraction of sp³-hybridized carbons (Fsp3) is 0.150. The summed E-state index contributed by atoms with van der Waals surface area (Å²) in [6.45, 7) is 4.11. The minimum absolute atomic E-state index is 0.273. The first-order chi connectivity index (χ1) is 12.2. The monoisotopic (exact) mass is 332 g/mol. The molecule has 0 unspecified atom stereocenters. The number of nitrogens with one attached hydrogen (secondary N) is 2. The minimum atomic E-state index is -0.279. The molecule has 2 N–H and O–H groups in total. The van der Waals surface area contributed by atoms with E-state index in [2.05, 4.69) is 27.8 Å². The number of aryl methyl sites for hydroxylation is 2. The summed E-state index contributed by atoms with van der Waals surface area (Å²) in [5, 5.41) is 14.1. The average molecular weight is 332 g/mol. The van der Waals surface area contributed by atoms with Gasteiger partial charge in [-0.1, -0.05) is 37.3 Å². The van der Waals surface area contributed by atoms with E-state index in [4.69, 9.17) is 0 Å². The summed E-state index contributed by atoms with van der Waals surface area (Å²) in [4.78, 5) is 12.3. The van der Waals surface area contributed by atoms with Crippen molar-refractivity contribution in [3.8, 4) is 0 Å². The SMILES string of the molecule is CCc1ccc(NC(=O)c2ccc(Nc3ccccc3C)nn2)cc1. The molecule has 126 valence electrons. The average Bonchev–Trinajstić information content (AvgIpc) is 2.65. The van der Waals surface area contributed by atoms with Crippen molar-refractivity contribution in [3.05, 3.63) is 77.5 Å². The molecule has 0 fully saturated rings. The third kappa shape index (κ3) is 4.20. The minimum Gasteiger partial charge on any atom is -0.339 e. The van der Waals surface area contributed by atoms with Crippen molar-refractivity contribution in [2.45, 2.75) is 20.3 Å². The molecule has 0 aliphatic heterocycles. The van der Waals surface area contributed by atoms with E-state index >= 15 is 0 Å². The normalized spacial score (nSPS) is 10.3. The van der Waals surface area contributed by atoms with Crippen LogP contribution in [0.5, 0.6) is 0 Å². The van der Waals surface area contributed by atoms with Crippen LogP contribution in [0.3, 0.4) is 0 Å². The molecule has 0 radical (unpaired) electrons. The highest BCUT2D eigenvalue weighted by atomic mass is 16.1. The molecule has 5 heteroatoms. The standard InChI is InChI=1S/C20H20N4O/c1-3-15-8-10-16(11-9-15)21-20(25)18-12-13-19(24-23-18)22-17-7-5-4-6-14(17)2/h4-13H,3H2,1-2H3,(H,21,25)(H,22,24). The molecule has 0 saturated heterocycles. The summed E-state index contributed by atoms with van der Waals surface area (Å²) in [5.41, 5.74) is 4.32. The molecular weight excluding hydrogens is 312 g/mol. The van der Waals surface area contributed by atoms with Gasteiger partial charge in [0.05, 0.1) is 0 Å². The summed E-state index contributed by atoms with van der Waals surface area (Å²) in [6, 6.07) is 19.1. The number of aromatic nitrogens is 2. The van der Waals surface area contributed by atoms with Gasteiger partial charge in [0.25, 0.3) is 5.91 Å². The zero-order chi connectivity index (χ0) is 17.6. The number of nitrogens with zero attached hydrogens (tertiary/aromatic N) is 2. The Labute approximate surface area is 147 Å². The van der Waals surface area contributed by atoms with Crippen molar-refractivity contribution in [3.63, 3.8) is 0 Å². The Morgan fingerprint density at radius 3 is 2.36 bits per heavy atom. The fourth-order valence-electron chi connectivity index (χ4n) is 2.39. The molecule has 3 aromatic rings. The first-order valence-electron chi connectivity index (χ1n) is 8.22. The van der Waals surface area contributed by atoms with E-state index in [0.29, 0.717) is 5.82 Å². The molecule has 0 aliphatic carbocycles. The van der Waals surface area contributed by atoms with Crippen LogP contribution in [0.1, 0.15) is 28.5 Å². The van der Waals surface area contributed by atoms with E-state index in [9.17, 15) is 4.79 Å². The summed E-state index contributed by atoms with van der Waals surface area (Å²) in [5.74, 6) is 0.317. The van der Waals surface area contributed by atoms with Crippen LogP contribution in [0.2, 0.25) is 0 Å². The quantitative estimate of drug-likeness (QED) is 0.729. The highest BCUT2D eigenvalue weighted by molar-refractivity contribution is 6.02. The van der Waals surface area contributed by atoms with Crippen LogP contribution in [-0.4, -0.2) is 16.1 Å². The lowest BCUT2D eigenvalue weighted by molar-refractivity contribution is 0.102. The van der Waals surface area contributed by atoms with E-state index in [1.54, 1.807) is 12.1 Å². The number of carbonyl (C=O) groups is 1. The molecule has 1 amide bonds. The highest BCUT2D eigenvalue weighted by Crippen LogP contribution is 2.18. The van der Waals surface area contributed by atoms with E-state index < -0.39 is 0 Å². The predicted octanol–water partition coefficient (Wildman–Crippen LogP) is 4.34. The van der Waals surface area contributed by atoms with Gasteiger partial charge in [0.15, 0.2) is 11.5 Å². The summed E-state index contributed by atoms with van der Waals surface area (Å²) in [6.07, 6.45) is 0.967. The maximum Gasteiger partial charge on any atom is 0.276 e. The second-order valence-electron chi connectivity index (χ2n) is 5.75. The smallest absolute Gasteiger partial charge is 0.276 e. The van der Waals surface area contributed by atoms with Crippen LogP contribution in [0.4, 0.5) is 17.2 Å². The molecule has 2 aromatic carbocycles. The van der Waals surface area contributed by atoms with Gasteiger partial charge in [0.2, 0.25) is 0 Å². The lowest BCUT2D eigenvalue weighted by Crippen LogP contribution is -2.14.